The molecule has 4 heterocycles. The van der Waals surface area contributed by atoms with Crippen LogP contribution in [0, 0.1) is 6.92 Å². The molecule has 1 fully saturated rings. The van der Waals surface area contributed by atoms with E-state index in [2.05, 4.69) is 20.2 Å². The molecule has 0 radical (unpaired) electrons. The molecule has 10 nitrogen and oxygen atoms in total. The molecule has 166 valence electrons. The van der Waals surface area contributed by atoms with Gasteiger partial charge in [0.2, 0.25) is 11.8 Å². The fourth-order valence-corrected chi connectivity index (χ4v) is 4.05. The van der Waals surface area contributed by atoms with Crippen molar-refractivity contribution in [3.8, 4) is 0 Å². The first-order valence-corrected chi connectivity index (χ1v) is 10.6. The summed E-state index contributed by atoms with van der Waals surface area (Å²) in [5.41, 5.74) is 1.89. The van der Waals surface area contributed by atoms with Crippen LogP contribution in [0.1, 0.15) is 41.4 Å². The molecule has 11 heteroatoms. The first-order chi connectivity index (χ1) is 15.4. The second-order valence-electron chi connectivity index (χ2n) is 8.07. The normalized spacial score (nSPS) is 18.5. The summed E-state index contributed by atoms with van der Waals surface area (Å²) in [6.07, 6.45) is 2.17. The number of halogens is 1. The minimum atomic E-state index is -0.218. The number of anilines is 1. The van der Waals surface area contributed by atoms with Gasteiger partial charge in [0, 0.05) is 25.0 Å². The average molecular weight is 456 g/mol. The largest absolute Gasteiger partial charge is 0.373 e. The highest BCUT2D eigenvalue weighted by Crippen LogP contribution is 2.37. The first-order valence-electron chi connectivity index (χ1n) is 10.2. The summed E-state index contributed by atoms with van der Waals surface area (Å²) >= 11 is 5.97. The molecule has 0 spiro atoms. The van der Waals surface area contributed by atoms with Gasteiger partial charge < -0.3 is 14.2 Å². The van der Waals surface area contributed by atoms with Crippen molar-refractivity contribution in [2.24, 2.45) is 0 Å². The van der Waals surface area contributed by atoms with E-state index in [1.807, 2.05) is 43.3 Å². The quantitative estimate of drug-likeness (QED) is 0.452. The van der Waals surface area contributed by atoms with Gasteiger partial charge in [0.25, 0.3) is 5.56 Å². The van der Waals surface area contributed by atoms with Crippen LogP contribution in [0.25, 0.3) is 5.52 Å². The maximum absolute atomic E-state index is 13.0. The molecule has 1 aliphatic rings. The standard InChI is InChI=1S/C21H22ClN7O3/c1-12-18-20(30)28(11-23-29(18)21(24-12)27(2)3)9-17-25-19(26-32-17)14-8-16(31-10-14)13-4-6-15(22)7-5-13/h4-7,11,14,16H,8-10H2,1-3H3. The molecule has 1 aliphatic heterocycles. The third-order valence-corrected chi connectivity index (χ3v) is 5.83. The number of benzene rings is 1. The van der Waals surface area contributed by atoms with Crippen LogP contribution in [-0.4, -0.2) is 50.0 Å². The Morgan fingerprint density at radius 1 is 1.22 bits per heavy atom. The SMILES string of the molecule is Cc1nc(N(C)C)n2ncn(Cc3nc(C4COC(c5ccc(Cl)cc5)C4)no3)c(=O)c12. The van der Waals surface area contributed by atoms with Crippen molar-refractivity contribution < 1.29 is 9.26 Å². The van der Waals surface area contributed by atoms with Gasteiger partial charge in [0.15, 0.2) is 11.3 Å². The highest BCUT2D eigenvalue weighted by molar-refractivity contribution is 6.30. The lowest BCUT2D eigenvalue weighted by Gasteiger charge is -2.09. The minimum absolute atomic E-state index is 0.0187. The molecule has 0 aliphatic carbocycles. The van der Waals surface area contributed by atoms with E-state index in [0.717, 1.165) is 12.0 Å². The first kappa shape index (κ1) is 20.7. The van der Waals surface area contributed by atoms with Crippen LogP contribution in [-0.2, 0) is 11.3 Å². The lowest BCUT2D eigenvalue weighted by atomic mass is 10.0. The lowest BCUT2D eigenvalue weighted by Crippen LogP contribution is -2.25. The Morgan fingerprint density at radius 2 is 2.00 bits per heavy atom. The summed E-state index contributed by atoms with van der Waals surface area (Å²) in [5, 5.41) is 9.19. The Morgan fingerprint density at radius 3 is 2.75 bits per heavy atom. The maximum atomic E-state index is 13.0. The van der Waals surface area contributed by atoms with Gasteiger partial charge in [-0.05, 0) is 31.0 Å². The summed E-state index contributed by atoms with van der Waals surface area (Å²) < 4.78 is 14.3. The van der Waals surface area contributed by atoms with Crippen molar-refractivity contribution in [2.45, 2.75) is 31.9 Å². The number of ether oxygens (including phenoxy) is 1. The van der Waals surface area contributed by atoms with Crippen molar-refractivity contribution in [2.75, 3.05) is 25.6 Å². The molecule has 4 aromatic rings. The van der Waals surface area contributed by atoms with E-state index in [-0.39, 0.29) is 24.1 Å². The second kappa shape index (κ2) is 8.03. The molecule has 32 heavy (non-hydrogen) atoms. The molecule has 1 aromatic carbocycles. The number of hydrogen-bond acceptors (Lipinski definition) is 8. The van der Waals surface area contributed by atoms with E-state index in [1.54, 1.807) is 11.4 Å². The molecule has 3 aromatic heterocycles. The predicted octanol–water partition coefficient (Wildman–Crippen LogP) is 2.60. The van der Waals surface area contributed by atoms with E-state index >= 15 is 0 Å². The van der Waals surface area contributed by atoms with Crippen LogP contribution in [0.4, 0.5) is 5.95 Å². The number of fused-ring (bicyclic) bond motifs is 1. The predicted molar refractivity (Wildman–Crippen MR) is 117 cm³/mol. The molecule has 0 bridgehead atoms. The van der Waals surface area contributed by atoms with Crippen molar-refractivity contribution in [1.29, 1.82) is 0 Å². The molecule has 0 amide bonds. The van der Waals surface area contributed by atoms with E-state index < -0.39 is 0 Å². The van der Waals surface area contributed by atoms with Crippen molar-refractivity contribution in [1.82, 2.24) is 29.3 Å². The third-order valence-electron chi connectivity index (χ3n) is 5.58. The van der Waals surface area contributed by atoms with Crippen molar-refractivity contribution >= 4 is 23.1 Å². The van der Waals surface area contributed by atoms with Crippen molar-refractivity contribution in [3.05, 3.63) is 68.9 Å². The minimum Gasteiger partial charge on any atom is -0.373 e. The number of hydrogen-bond donors (Lipinski definition) is 0. The van der Waals surface area contributed by atoms with Crippen LogP contribution in [0.15, 0.2) is 39.9 Å². The summed E-state index contributed by atoms with van der Waals surface area (Å²) in [5.74, 6) is 1.53. The Labute approximate surface area is 188 Å². The molecule has 5 rings (SSSR count). The van der Waals surface area contributed by atoms with Gasteiger partial charge in [-0.25, -0.2) is 4.98 Å². The number of aromatic nitrogens is 6. The topological polar surface area (TPSA) is 104 Å². The van der Waals surface area contributed by atoms with Crippen LogP contribution in [0.5, 0.6) is 0 Å². The maximum Gasteiger partial charge on any atom is 0.280 e. The number of imidazole rings is 1. The highest BCUT2D eigenvalue weighted by Gasteiger charge is 2.31. The molecular formula is C21H22ClN7O3. The summed E-state index contributed by atoms with van der Waals surface area (Å²) in [4.78, 5) is 23.8. The molecule has 0 saturated carbocycles. The van der Waals surface area contributed by atoms with Crippen LogP contribution in [0.2, 0.25) is 5.02 Å². The monoisotopic (exact) mass is 455 g/mol. The lowest BCUT2D eigenvalue weighted by molar-refractivity contribution is 0.110. The molecule has 2 unspecified atom stereocenters. The van der Waals surface area contributed by atoms with Crippen LogP contribution in [0.3, 0.4) is 0 Å². The van der Waals surface area contributed by atoms with Gasteiger partial charge in [-0.3, -0.25) is 9.36 Å². The Bertz CT molecular complexity index is 1330. The van der Waals surface area contributed by atoms with E-state index in [9.17, 15) is 4.79 Å². The van der Waals surface area contributed by atoms with Gasteiger partial charge in [0.05, 0.1) is 18.4 Å². The highest BCUT2D eigenvalue weighted by atomic mass is 35.5. The van der Waals surface area contributed by atoms with Gasteiger partial charge >= 0.3 is 0 Å². The molecule has 1 saturated heterocycles. The van der Waals surface area contributed by atoms with Gasteiger partial charge in [-0.15, -0.1) is 0 Å². The van der Waals surface area contributed by atoms with Crippen LogP contribution >= 0.6 is 11.6 Å². The molecular weight excluding hydrogens is 434 g/mol. The molecule has 0 N–H and O–H groups in total. The fraction of sp³-hybridized carbons (Fsp3) is 0.381. The average Bonchev–Trinajstić information content (AvgIpc) is 3.49. The zero-order valence-corrected chi connectivity index (χ0v) is 18.7. The number of aryl methyl sites for hydroxylation is 1. The number of nitrogens with zero attached hydrogens (tertiary/aromatic N) is 7. The van der Waals surface area contributed by atoms with Crippen molar-refractivity contribution in [3.63, 3.8) is 0 Å². The summed E-state index contributed by atoms with van der Waals surface area (Å²) in [6, 6.07) is 7.64. The van der Waals surface area contributed by atoms with Gasteiger partial charge in [-0.1, -0.05) is 28.9 Å². The fourth-order valence-electron chi connectivity index (χ4n) is 3.92. The summed E-state index contributed by atoms with van der Waals surface area (Å²) in [6.45, 7) is 2.42. The zero-order valence-electron chi connectivity index (χ0n) is 17.9. The number of rotatable bonds is 5. The summed E-state index contributed by atoms with van der Waals surface area (Å²) in [7, 11) is 3.71. The Kier molecular flexibility index (Phi) is 5.18. The van der Waals surface area contributed by atoms with E-state index in [0.29, 0.717) is 40.5 Å². The Balaban J connectivity index is 1.34. The zero-order chi connectivity index (χ0) is 22.4. The van der Waals surface area contributed by atoms with E-state index in [4.69, 9.17) is 20.9 Å². The second-order valence-corrected chi connectivity index (χ2v) is 8.50. The Hall–Kier alpha value is -3.24. The van der Waals surface area contributed by atoms with Gasteiger partial charge in [-0.2, -0.15) is 14.6 Å². The molecule has 2 atom stereocenters. The van der Waals surface area contributed by atoms with E-state index in [1.165, 1.54) is 10.9 Å². The van der Waals surface area contributed by atoms with Gasteiger partial charge in [0.1, 0.15) is 12.9 Å². The third kappa shape index (κ3) is 3.65. The smallest absolute Gasteiger partial charge is 0.280 e. The van der Waals surface area contributed by atoms with Crippen LogP contribution < -0.4 is 10.5 Å².